The molecule has 16 heavy (non-hydrogen) atoms. The fourth-order valence-electron chi connectivity index (χ4n) is 2.19. The summed E-state index contributed by atoms with van der Waals surface area (Å²) in [7, 11) is 0. The number of hydrogen-bond acceptors (Lipinski definition) is 2. The van der Waals surface area contributed by atoms with E-state index in [-0.39, 0.29) is 11.9 Å². The molecule has 1 aromatic carbocycles. The molecular formula is C13H18FNS. The monoisotopic (exact) mass is 239 g/mol. The van der Waals surface area contributed by atoms with Crippen molar-refractivity contribution in [2.75, 3.05) is 5.75 Å². The smallest absolute Gasteiger partial charge is 0.127 e. The highest BCUT2D eigenvalue weighted by atomic mass is 32.2. The van der Waals surface area contributed by atoms with E-state index >= 15 is 0 Å². The van der Waals surface area contributed by atoms with Gasteiger partial charge in [-0.1, -0.05) is 25.1 Å². The summed E-state index contributed by atoms with van der Waals surface area (Å²) in [6.45, 7) is 4.28. The zero-order valence-corrected chi connectivity index (χ0v) is 10.6. The van der Waals surface area contributed by atoms with Crippen LogP contribution in [0, 0.1) is 5.82 Å². The zero-order valence-electron chi connectivity index (χ0n) is 9.74. The van der Waals surface area contributed by atoms with Crippen LogP contribution in [0.3, 0.4) is 0 Å². The maximum atomic E-state index is 13.6. The number of rotatable bonds is 3. The van der Waals surface area contributed by atoms with Gasteiger partial charge in [-0.15, -0.1) is 0 Å². The molecule has 1 N–H and O–H groups in total. The van der Waals surface area contributed by atoms with E-state index in [9.17, 15) is 4.39 Å². The molecule has 0 spiro atoms. The van der Waals surface area contributed by atoms with Crippen molar-refractivity contribution in [2.24, 2.45) is 0 Å². The topological polar surface area (TPSA) is 12.0 Å². The van der Waals surface area contributed by atoms with Crippen LogP contribution in [-0.4, -0.2) is 17.0 Å². The molecule has 0 bridgehead atoms. The van der Waals surface area contributed by atoms with Crippen molar-refractivity contribution < 1.29 is 4.39 Å². The predicted octanol–water partition coefficient (Wildman–Crippen LogP) is 3.37. The van der Waals surface area contributed by atoms with Crippen molar-refractivity contribution in [1.82, 2.24) is 5.32 Å². The van der Waals surface area contributed by atoms with Gasteiger partial charge in [0.05, 0.1) is 0 Å². The van der Waals surface area contributed by atoms with Crippen molar-refractivity contribution in [1.29, 1.82) is 0 Å². The predicted molar refractivity (Wildman–Crippen MR) is 68.3 cm³/mol. The molecular weight excluding hydrogens is 221 g/mol. The normalized spacial score (nSPS) is 26.9. The van der Waals surface area contributed by atoms with Gasteiger partial charge in [0.25, 0.3) is 0 Å². The van der Waals surface area contributed by atoms with Crippen molar-refractivity contribution >= 4 is 11.8 Å². The number of halogens is 1. The molecule has 88 valence electrons. The highest BCUT2D eigenvalue weighted by Crippen LogP contribution is 2.28. The first kappa shape index (κ1) is 11.9. The second kappa shape index (κ2) is 5.19. The van der Waals surface area contributed by atoms with E-state index in [1.165, 1.54) is 18.2 Å². The Morgan fingerprint density at radius 1 is 1.44 bits per heavy atom. The molecule has 2 unspecified atom stereocenters. The van der Waals surface area contributed by atoms with E-state index in [1.54, 1.807) is 6.07 Å². The van der Waals surface area contributed by atoms with Gasteiger partial charge in [-0.3, -0.25) is 0 Å². The Bertz CT molecular complexity index is 356. The van der Waals surface area contributed by atoms with Crippen molar-refractivity contribution in [3.05, 3.63) is 35.6 Å². The zero-order chi connectivity index (χ0) is 11.5. The molecule has 1 saturated heterocycles. The van der Waals surface area contributed by atoms with Crippen LogP contribution in [0.1, 0.15) is 31.9 Å². The second-order valence-electron chi connectivity index (χ2n) is 4.38. The SMILES string of the molecule is CC1SCCC1N[C@H](C)c1ccccc1F. The van der Waals surface area contributed by atoms with Crippen molar-refractivity contribution in [3.63, 3.8) is 0 Å². The lowest BCUT2D eigenvalue weighted by molar-refractivity contribution is 0.441. The third kappa shape index (κ3) is 2.58. The molecule has 0 amide bonds. The molecule has 1 fully saturated rings. The molecule has 0 aromatic heterocycles. The summed E-state index contributed by atoms with van der Waals surface area (Å²) < 4.78 is 13.6. The van der Waals surface area contributed by atoms with Crippen LogP contribution >= 0.6 is 11.8 Å². The molecule has 1 aliphatic rings. The van der Waals surface area contributed by atoms with Crippen LogP contribution in [0.25, 0.3) is 0 Å². The molecule has 3 atom stereocenters. The molecule has 1 aromatic rings. The summed E-state index contributed by atoms with van der Waals surface area (Å²) in [6.07, 6.45) is 1.19. The number of hydrogen-bond donors (Lipinski definition) is 1. The maximum Gasteiger partial charge on any atom is 0.127 e. The Labute approximate surface area is 101 Å². The first-order chi connectivity index (χ1) is 7.68. The molecule has 0 saturated carbocycles. The lowest BCUT2D eigenvalue weighted by Gasteiger charge is -2.22. The van der Waals surface area contributed by atoms with Gasteiger partial charge in [-0.05, 0) is 25.2 Å². The largest absolute Gasteiger partial charge is 0.306 e. The third-order valence-electron chi connectivity index (χ3n) is 3.21. The van der Waals surface area contributed by atoms with E-state index in [1.807, 2.05) is 30.8 Å². The van der Waals surface area contributed by atoms with Gasteiger partial charge in [0.2, 0.25) is 0 Å². The average molecular weight is 239 g/mol. The average Bonchev–Trinajstić information content (AvgIpc) is 2.65. The van der Waals surface area contributed by atoms with E-state index in [0.717, 1.165) is 5.56 Å². The Morgan fingerprint density at radius 3 is 2.81 bits per heavy atom. The van der Waals surface area contributed by atoms with E-state index in [2.05, 4.69) is 12.2 Å². The third-order valence-corrected chi connectivity index (χ3v) is 4.54. The Balaban J connectivity index is 2.03. The first-order valence-corrected chi connectivity index (χ1v) is 6.85. The minimum Gasteiger partial charge on any atom is -0.306 e. The van der Waals surface area contributed by atoms with Crippen LogP contribution in [0.2, 0.25) is 0 Å². The van der Waals surface area contributed by atoms with Crippen LogP contribution in [0.15, 0.2) is 24.3 Å². The molecule has 1 aliphatic heterocycles. The highest BCUT2D eigenvalue weighted by Gasteiger charge is 2.25. The van der Waals surface area contributed by atoms with Crippen LogP contribution < -0.4 is 5.32 Å². The number of benzene rings is 1. The van der Waals surface area contributed by atoms with Crippen molar-refractivity contribution in [2.45, 2.75) is 37.6 Å². The summed E-state index contributed by atoms with van der Waals surface area (Å²) >= 11 is 1.99. The quantitative estimate of drug-likeness (QED) is 0.868. The van der Waals surface area contributed by atoms with E-state index in [4.69, 9.17) is 0 Å². The highest BCUT2D eigenvalue weighted by molar-refractivity contribution is 8.00. The van der Waals surface area contributed by atoms with Crippen molar-refractivity contribution in [3.8, 4) is 0 Å². The Morgan fingerprint density at radius 2 is 2.19 bits per heavy atom. The maximum absolute atomic E-state index is 13.6. The number of nitrogens with one attached hydrogen (secondary N) is 1. The fraction of sp³-hybridized carbons (Fsp3) is 0.538. The summed E-state index contributed by atoms with van der Waals surface area (Å²) in [5.74, 6) is 1.10. The minimum absolute atomic E-state index is 0.0901. The Hall–Kier alpha value is -0.540. The summed E-state index contributed by atoms with van der Waals surface area (Å²) in [5.41, 5.74) is 0.770. The molecule has 1 heterocycles. The summed E-state index contributed by atoms with van der Waals surface area (Å²) in [6, 6.07) is 7.62. The van der Waals surface area contributed by atoms with Crippen LogP contribution in [0.5, 0.6) is 0 Å². The second-order valence-corrected chi connectivity index (χ2v) is 5.87. The van der Waals surface area contributed by atoms with Gasteiger partial charge in [-0.2, -0.15) is 11.8 Å². The standard InChI is InChI=1S/C13H18FNS/c1-9(11-5-3-4-6-12(11)14)15-13-7-8-16-10(13)2/h3-6,9-10,13,15H,7-8H2,1-2H3/t9-,10?,13?/m1/s1. The molecule has 3 heteroatoms. The van der Waals surface area contributed by atoms with Crippen LogP contribution in [0.4, 0.5) is 4.39 Å². The number of thioether (sulfide) groups is 1. The van der Waals surface area contributed by atoms with Gasteiger partial charge >= 0.3 is 0 Å². The molecule has 0 radical (unpaired) electrons. The van der Waals surface area contributed by atoms with Crippen LogP contribution in [-0.2, 0) is 0 Å². The van der Waals surface area contributed by atoms with Gasteiger partial charge < -0.3 is 5.32 Å². The van der Waals surface area contributed by atoms with Gasteiger partial charge in [0.1, 0.15) is 5.82 Å². The first-order valence-electron chi connectivity index (χ1n) is 5.80. The fourth-order valence-corrected chi connectivity index (χ4v) is 3.40. The van der Waals surface area contributed by atoms with E-state index in [0.29, 0.717) is 11.3 Å². The lowest BCUT2D eigenvalue weighted by atomic mass is 10.1. The Kier molecular flexibility index (Phi) is 3.87. The van der Waals surface area contributed by atoms with E-state index < -0.39 is 0 Å². The minimum atomic E-state index is -0.110. The molecule has 2 rings (SSSR count). The molecule has 0 aliphatic carbocycles. The van der Waals surface area contributed by atoms with Gasteiger partial charge in [0.15, 0.2) is 0 Å². The van der Waals surface area contributed by atoms with Gasteiger partial charge in [0, 0.05) is 22.9 Å². The lowest BCUT2D eigenvalue weighted by Crippen LogP contribution is -2.35. The van der Waals surface area contributed by atoms with Gasteiger partial charge in [-0.25, -0.2) is 4.39 Å². The summed E-state index contributed by atoms with van der Waals surface area (Å²) in [5, 5.41) is 4.16. The molecule has 1 nitrogen and oxygen atoms in total. The summed E-state index contributed by atoms with van der Waals surface area (Å²) in [4.78, 5) is 0.